The van der Waals surface area contributed by atoms with Crippen LogP contribution in [-0.2, 0) is 0 Å². The van der Waals surface area contributed by atoms with Gasteiger partial charge in [0, 0.05) is 18.5 Å². The van der Waals surface area contributed by atoms with Crippen LogP contribution in [0.25, 0.3) is 0 Å². The Hall–Kier alpha value is -1.22. The van der Waals surface area contributed by atoms with Crippen LogP contribution in [0.1, 0.15) is 51.1 Å². The monoisotopic (exact) mass is 275 g/mol. The van der Waals surface area contributed by atoms with Crippen LogP contribution >= 0.6 is 0 Å². The van der Waals surface area contributed by atoms with E-state index in [2.05, 4.69) is 31.3 Å². The largest absolute Gasteiger partial charge is 0.490 e. The average molecular weight is 275 g/mol. The highest BCUT2D eigenvalue weighted by Crippen LogP contribution is 2.35. The van der Waals surface area contributed by atoms with Gasteiger partial charge in [-0.2, -0.15) is 0 Å². The predicted molar refractivity (Wildman–Crippen MR) is 80.4 cm³/mol. The molecule has 1 fully saturated rings. The Balaban J connectivity index is 1.64. The summed E-state index contributed by atoms with van der Waals surface area (Å²) in [6.45, 7) is 6.01. The third-order valence-corrected chi connectivity index (χ3v) is 4.19. The SMILES string of the molecule is CC(CC1CC1)NC(C)c1ccc2c(c1)OCCCO2. The fourth-order valence-corrected chi connectivity index (χ4v) is 2.89. The lowest BCUT2D eigenvalue weighted by Crippen LogP contribution is -2.29. The first-order valence-electron chi connectivity index (χ1n) is 7.88. The van der Waals surface area contributed by atoms with Gasteiger partial charge in [0.05, 0.1) is 13.2 Å². The quantitative estimate of drug-likeness (QED) is 0.889. The van der Waals surface area contributed by atoms with Crippen molar-refractivity contribution in [2.75, 3.05) is 13.2 Å². The molecule has 0 spiro atoms. The van der Waals surface area contributed by atoms with Gasteiger partial charge in [-0.05, 0) is 43.9 Å². The molecule has 0 bridgehead atoms. The second-order valence-corrected chi connectivity index (χ2v) is 6.23. The Bertz CT molecular complexity index is 456. The van der Waals surface area contributed by atoms with Crippen LogP contribution in [0.3, 0.4) is 0 Å². The summed E-state index contributed by atoms with van der Waals surface area (Å²) in [5, 5.41) is 3.69. The van der Waals surface area contributed by atoms with Gasteiger partial charge in [0.1, 0.15) is 0 Å². The number of benzene rings is 1. The topological polar surface area (TPSA) is 30.5 Å². The maximum Gasteiger partial charge on any atom is 0.161 e. The van der Waals surface area contributed by atoms with Gasteiger partial charge in [-0.1, -0.05) is 18.9 Å². The lowest BCUT2D eigenvalue weighted by Gasteiger charge is -2.21. The summed E-state index contributed by atoms with van der Waals surface area (Å²) in [6, 6.07) is 7.24. The molecule has 0 aromatic heterocycles. The van der Waals surface area contributed by atoms with Gasteiger partial charge in [-0.25, -0.2) is 0 Å². The molecule has 20 heavy (non-hydrogen) atoms. The van der Waals surface area contributed by atoms with E-state index >= 15 is 0 Å². The molecule has 3 nitrogen and oxygen atoms in total. The Kier molecular flexibility index (Phi) is 4.16. The highest BCUT2D eigenvalue weighted by molar-refractivity contribution is 5.44. The zero-order valence-corrected chi connectivity index (χ0v) is 12.5. The molecular weight excluding hydrogens is 250 g/mol. The second-order valence-electron chi connectivity index (χ2n) is 6.23. The summed E-state index contributed by atoms with van der Waals surface area (Å²) < 4.78 is 11.4. The maximum atomic E-state index is 5.77. The minimum absolute atomic E-state index is 0.348. The van der Waals surface area contributed by atoms with E-state index in [1.807, 2.05) is 6.07 Å². The minimum Gasteiger partial charge on any atom is -0.490 e. The molecule has 3 heteroatoms. The fraction of sp³-hybridized carbons (Fsp3) is 0.647. The molecule has 2 aliphatic rings. The standard InChI is InChI=1S/C17H25NO2/c1-12(10-14-4-5-14)18-13(2)15-6-7-16-17(11-15)20-9-3-8-19-16/h6-7,11-14,18H,3-5,8-10H2,1-2H3. The van der Waals surface area contributed by atoms with Crippen molar-refractivity contribution in [1.29, 1.82) is 0 Å². The van der Waals surface area contributed by atoms with Crippen molar-refractivity contribution >= 4 is 0 Å². The molecule has 1 aromatic carbocycles. The van der Waals surface area contributed by atoms with E-state index in [-0.39, 0.29) is 0 Å². The summed E-state index contributed by atoms with van der Waals surface area (Å²) in [6.07, 6.45) is 5.10. The van der Waals surface area contributed by atoms with Gasteiger partial charge in [0.25, 0.3) is 0 Å². The summed E-state index contributed by atoms with van der Waals surface area (Å²) in [5.74, 6) is 2.74. The molecule has 1 saturated carbocycles. The first kappa shape index (κ1) is 13.7. The van der Waals surface area contributed by atoms with Crippen LogP contribution in [0.2, 0.25) is 0 Å². The van der Waals surface area contributed by atoms with Crippen LogP contribution < -0.4 is 14.8 Å². The molecule has 1 aliphatic heterocycles. The maximum absolute atomic E-state index is 5.77. The number of fused-ring (bicyclic) bond motifs is 1. The normalized spacial score (nSPS) is 21.1. The van der Waals surface area contributed by atoms with Gasteiger partial charge < -0.3 is 14.8 Å². The second kappa shape index (κ2) is 6.04. The molecule has 110 valence electrons. The fourth-order valence-electron chi connectivity index (χ4n) is 2.89. The first-order chi connectivity index (χ1) is 9.72. The van der Waals surface area contributed by atoms with Crippen LogP contribution in [0.15, 0.2) is 18.2 Å². The van der Waals surface area contributed by atoms with Crippen molar-refractivity contribution in [3.63, 3.8) is 0 Å². The zero-order chi connectivity index (χ0) is 13.9. The van der Waals surface area contributed by atoms with Crippen molar-refractivity contribution < 1.29 is 9.47 Å². The van der Waals surface area contributed by atoms with Gasteiger partial charge in [0.2, 0.25) is 0 Å². The Morgan fingerprint density at radius 2 is 1.90 bits per heavy atom. The Morgan fingerprint density at radius 1 is 1.15 bits per heavy atom. The van der Waals surface area contributed by atoms with Crippen LogP contribution in [-0.4, -0.2) is 19.3 Å². The number of rotatable bonds is 5. The molecule has 2 unspecified atom stereocenters. The van der Waals surface area contributed by atoms with Crippen molar-refractivity contribution in [3.8, 4) is 11.5 Å². The third kappa shape index (κ3) is 3.45. The van der Waals surface area contributed by atoms with Crippen LogP contribution in [0.4, 0.5) is 0 Å². The van der Waals surface area contributed by atoms with E-state index in [1.165, 1.54) is 24.8 Å². The highest BCUT2D eigenvalue weighted by Gasteiger charge is 2.24. The Labute approximate surface area is 121 Å². The summed E-state index contributed by atoms with van der Waals surface area (Å²) in [7, 11) is 0. The van der Waals surface area contributed by atoms with Crippen molar-refractivity contribution in [1.82, 2.24) is 5.32 Å². The molecule has 1 N–H and O–H groups in total. The van der Waals surface area contributed by atoms with Crippen molar-refractivity contribution in [2.24, 2.45) is 5.92 Å². The number of ether oxygens (including phenoxy) is 2. The lowest BCUT2D eigenvalue weighted by atomic mass is 10.1. The molecular formula is C17H25NO2. The number of hydrogen-bond donors (Lipinski definition) is 1. The van der Waals surface area contributed by atoms with Crippen molar-refractivity contribution in [2.45, 2.75) is 51.6 Å². The summed E-state index contributed by atoms with van der Waals surface area (Å²) >= 11 is 0. The highest BCUT2D eigenvalue weighted by atomic mass is 16.5. The molecule has 3 rings (SSSR count). The van der Waals surface area contributed by atoms with Gasteiger partial charge in [-0.15, -0.1) is 0 Å². The van der Waals surface area contributed by atoms with E-state index in [4.69, 9.17) is 9.47 Å². The molecule has 0 radical (unpaired) electrons. The van der Waals surface area contributed by atoms with Crippen LogP contribution in [0, 0.1) is 5.92 Å². The van der Waals surface area contributed by atoms with E-state index < -0.39 is 0 Å². The smallest absolute Gasteiger partial charge is 0.161 e. The molecule has 0 amide bonds. The lowest BCUT2D eigenvalue weighted by molar-refractivity contribution is 0.297. The zero-order valence-electron chi connectivity index (χ0n) is 12.5. The van der Waals surface area contributed by atoms with Crippen LogP contribution in [0.5, 0.6) is 11.5 Å². The molecule has 2 atom stereocenters. The van der Waals surface area contributed by atoms with E-state index in [1.54, 1.807) is 0 Å². The van der Waals surface area contributed by atoms with E-state index in [0.717, 1.165) is 37.1 Å². The number of nitrogens with one attached hydrogen (secondary N) is 1. The minimum atomic E-state index is 0.348. The molecule has 1 aromatic rings. The number of hydrogen-bond acceptors (Lipinski definition) is 3. The van der Waals surface area contributed by atoms with E-state index in [0.29, 0.717) is 12.1 Å². The molecule has 1 heterocycles. The van der Waals surface area contributed by atoms with Gasteiger partial charge >= 0.3 is 0 Å². The molecule has 0 saturated heterocycles. The summed E-state index contributed by atoms with van der Waals surface area (Å²) in [5.41, 5.74) is 1.27. The average Bonchev–Trinajstić information content (AvgIpc) is 3.24. The predicted octanol–water partition coefficient (Wildman–Crippen LogP) is 3.69. The first-order valence-corrected chi connectivity index (χ1v) is 7.88. The van der Waals surface area contributed by atoms with E-state index in [9.17, 15) is 0 Å². The van der Waals surface area contributed by atoms with Crippen molar-refractivity contribution in [3.05, 3.63) is 23.8 Å². The Morgan fingerprint density at radius 3 is 2.65 bits per heavy atom. The van der Waals surface area contributed by atoms with Gasteiger partial charge in [0.15, 0.2) is 11.5 Å². The van der Waals surface area contributed by atoms with Gasteiger partial charge in [-0.3, -0.25) is 0 Å². The summed E-state index contributed by atoms with van der Waals surface area (Å²) in [4.78, 5) is 0. The molecule has 1 aliphatic carbocycles. The third-order valence-electron chi connectivity index (χ3n) is 4.19.